The molecule has 0 aliphatic carbocycles. The summed E-state index contributed by atoms with van der Waals surface area (Å²) in [7, 11) is 0. The molecule has 0 amide bonds. The number of rotatable bonds is 18. The van der Waals surface area contributed by atoms with Gasteiger partial charge < -0.3 is 28.4 Å². The van der Waals surface area contributed by atoms with Gasteiger partial charge in [-0.05, 0) is 333 Å². The molecule has 6 heteroatoms. The van der Waals surface area contributed by atoms with Crippen LogP contribution in [-0.4, -0.2) is 0 Å². The Balaban J connectivity index is 0.634. The number of hydrogen-bond donors (Lipinski definition) is 0. The van der Waals surface area contributed by atoms with E-state index in [4.69, 9.17) is 8.83 Å². The first-order valence-electron chi connectivity index (χ1n) is 39.0. The zero-order valence-corrected chi connectivity index (χ0v) is 64.6. The zero-order chi connectivity index (χ0) is 75.2. The summed E-state index contributed by atoms with van der Waals surface area (Å²) < 4.78 is 13.8. The quantitative estimate of drug-likeness (QED) is 0.0853. The van der Waals surface area contributed by atoms with Crippen LogP contribution in [0.5, 0.6) is 0 Å². The summed E-state index contributed by atoms with van der Waals surface area (Å²) in [6.07, 6.45) is 0.863. The SMILES string of the molecule is Cc1ccc(C)c(N(c2ccccc2)c2ccc3cc4c(cc3c2)oc2cc3cc(N(c5cccc(CC(C)c6ccc(N(c7ccc(C(C)C)cc7)c7ccc8cc9c(cc8c7)oc7cc8cc(N(c%10ccc(C(C)C)cc%10)c%10ccc(C(C)C)cc%10)ccc8cc79)cc6)c5)c5cc(C)ccc5C)ccc3cc24)c1. The van der Waals surface area contributed by atoms with Crippen molar-refractivity contribution >= 4 is 155 Å². The molecular weight excluding hydrogens is 1340 g/mol. The highest BCUT2D eigenvalue weighted by atomic mass is 16.3. The van der Waals surface area contributed by atoms with Crippen LogP contribution in [0.15, 0.2) is 318 Å². The lowest BCUT2D eigenvalue weighted by atomic mass is 9.93. The van der Waals surface area contributed by atoms with E-state index in [1.165, 1.54) is 66.5 Å². The third-order valence-electron chi connectivity index (χ3n) is 22.9. The molecule has 1 unspecified atom stereocenters. The molecule has 0 fully saturated rings. The molecule has 0 spiro atoms. The lowest BCUT2D eigenvalue weighted by molar-refractivity contribution is 0.669. The number of fused-ring (bicyclic) bond motifs is 10. The number of benzene rings is 16. The lowest BCUT2D eigenvalue weighted by Crippen LogP contribution is -2.12. The van der Waals surface area contributed by atoms with Crippen LogP contribution in [0.2, 0.25) is 0 Å². The first-order valence-corrected chi connectivity index (χ1v) is 39.0. The summed E-state index contributed by atoms with van der Waals surface area (Å²) in [5.41, 5.74) is 28.2. The van der Waals surface area contributed by atoms with Gasteiger partial charge >= 0.3 is 0 Å². The standard InChI is InChI=1S/C104H90N4O2/c1-64(2)73-24-36-86(37-25-73)105(87-38-26-74(27-39-87)65(3)4)91-44-32-77-56-95-96-57-78-33-45-92(53-82(78)61-102(96)109-101(95)60-81(77)52-91)106(88-40-28-75(29-41-88)66(5)6)89-42-30-76(31-43-89)71(11)50-72-16-15-19-90(51-72)108(100-49-68(8)21-23-70(100)10)94-47-35-80-59-98-97-58-79-34-46-93(54-83(79)62-103(97)110-104(98)63-84(80)55-94)107(85-17-13-12-14-18-85)99-48-67(7)20-22-69(99)9/h12-49,51-66,71H,50H2,1-11H3. The Morgan fingerprint density at radius 3 is 0.891 bits per heavy atom. The summed E-state index contributed by atoms with van der Waals surface area (Å²) in [5.74, 6) is 1.54. The van der Waals surface area contributed by atoms with Crippen LogP contribution in [-0.2, 0) is 6.42 Å². The Labute approximate surface area is 645 Å². The largest absolute Gasteiger partial charge is 0.456 e. The van der Waals surface area contributed by atoms with Crippen LogP contribution in [0.4, 0.5) is 68.2 Å². The second-order valence-electron chi connectivity index (χ2n) is 31.6. The van der Waals surface area contributed by atoms with Gasteiger partial charge in [0.15, 0.2) is 0 Å². The molecule has 0 saturated carbocycles. The van der Waals surface area contributed by atoms with Gasteiger partial charge in [-0.25, -0.2) is 0 Å². The molecule has 0 N–H and O–H groups in total. The van der Waals surface area contributed by atoms with Crippen LogP contribution in [0, 0.1) is 27.7 Å². The maximum absolute atomic E-state index is 6.90. The van der Waals surface area contributed by atoms with E-state index in [0.717, 1.165) is 145 Å². The van der Waals surface area contributed by atoms with E-state index < -0.39 is 0 Å². The summed E-state index contributed by atoms with van der Waals surface area (Å²) in [4.78, 5) is 9.57. The molecule has 110 heavy (non-hydrogen) atoms. The highest BCUT2D eigenvalue weighted by Gasteiger charge is 2.24. The fourth-order valence-electron chi connectivity index (χ4n) is 16.5. The van der Waals surface area contributed by atoms with E-state index in [2.05, 4.69) is 405 Å². The van der Waals surface area contributed by atoms with Crippen molar-refractivity contribution in [2.75, 3.05) is 19.6 Å². The van der Waals surface area contributed by atoms with Crippen molar-refractivity contribution < 1.29 is 8.83 Å². The maximum Gasteiger partial charge on any atom is 0.136 e. The van der Waals surface area contributed by atoms with Crippen molar-refractivity contribution in [2.24, 2.45) is 0 Å². The molecule has 6 nitrogen and oxygen atoms in total. The second-order valence-corrected chi connectivity index (χ2v) is 31.6. The molecule has 1 atom stereocenters. The molecule has 18 aromatic rings. The van der Waals surface area contributed by atoms with Gasteiger partial charge in [0.2, 0.25) is 0 Å². The van der Waals surface area contributed by atoms with Gasteiger partial charge in [-0.2, -0.15) is 0 Å². The Morgan fingerprint density at radius 1 is 0.236 bits per heavy atom. The molecular formula is C104H90N4O2. The molecule has 2 heterocycles. The predicted octanol–water partition coefficient (Wildman–Crippen LogP) is 30.9. The van der Waals surface area contributed by atoms with E-state index in [9.17, 15) is 0 Å². The average molecular weight is 1430 g/mol. The molecule has 538 valence electrons. The van der Waals surface area contributed by atoms with Gasteiger partial charge in [0.05, 0.1) is 0 Å². The van der Waals surface area contributed by atoms with Crippen molar-refractivity contribution in [3.63, 3.8) is 0 Å². The lowest BCUT2D eigenvalue weighted by Gasteiger charge is -2.28. The molecule has 0 aliphatic heterocycles. The summed E-state index contributed by atoms with van der Waals surface area (Å²) in [5, 5.41) is 13.6. The monoisotopic (exact) mass is 1430 g/mol. The first-order chi connectivity index (χ1) is 53.4. The number of aryl methyl sites for hydroxylation is 4. The van der Waals surface area contributed by atoms with Gasteiger partial charge in [-0.1, -0.05) is 176 Å². The minimum Gasteiger partial charge on any atom is -0.456 e. The number of nitrogens with zero attached hydrogens (tertiary/aromatic N) is 4. The van der Waals surface area contributed by atoms with E-state index >= 15 is 0 Å². The fraction of sp³-hybridized carbons (Fsp3) is 0.154. The Hall–Kier alpha value is -12.6. The minimum absolute atomic E-state index is 0.229. The molecule has 0 saturated heterocycles. The predicted molar refractivity (Wildman–Crippen MR) is 470 cm³/mol. The molecule has 2 aromatic heterocycles. The van der Waals surface area contributed by atoms with Crippen molar-refractivity contribution in [3.8, 4) is 0 Å². The summed E-state index contributed by atoms with van der Waals surface area (Å²) >= 11 is 0. The van der Waals surface area contributed by atoms with E-state index in [0.29, 0.717) is 17.8 Å². The Kier molecular flexibility index (Phi) is 17.7. The summed E-state index contributed by atoms with van der Waals surface area (Å²) in [6, 6.07) is 115. The topological polar surface area (TPSA) is 39.2 Å². The van der Waals surface area contributed by atoms with Crippen molar-refractivity contribution in [1.82, 2.24) is 0 Å². The van der Waals surface area contributed by atoms with Crippen LogP contribution >= 0.6 is 0 Å². The molecule has 16 aromatic carbocycles. The van der Waals surface area contributed by atoms with Crippen LogP contribution in [0.3, 0.4) is 0 Å². The fourth-order valence-corrected chi connectivity index (χ4v) is 16.5. The van der Waals surface area contributed by atoms with Gasteiger partial charge in [0.1, 0.15) is 22.3 Å². The van der Waals surface area contributed by atoms with Gasteiger partial charge in [-0.3, -0.25) is 0 Å². The van der Waals surface area contributed by atoms with Gasteiger partial charge in [0, 0.05) is 89.8 Å². The smallest absolute Gasteiger partial charge is 0.136 e. The van der Waals surface area contributed by atoms with Crippen molar-refractivity contribution in [3.05, 3.63) is 359 Å². The number of hydrogen-bond acceptors (Lipinski definition) is 6. The highest BCUT2D eigenvalue weighted by molar-refractivity contribution is 6.16. The number of furan rings is 2. The number of anilines is 12. The first kappa shape index (κ1) is 69.1. The molecule has 0 radical (unpaired) electrons. The Bertz CT molecular complexity index is 6490. The van der Waals surface area contributed by atoms with Crippen LogP contribution < -0.4 is 19.6 Å². The van der Waals surface area contributed by atoms with Crippen molar-refractivity contribution in [2.45, 2.75) is 106 Å². The second kappa shape index (κ2) is 28.2. The normalized spacial score (nSPS) is 12.2. The minimum atomic E-state index is 0.229. The van der Waals surface area contributed by atoms with E-state index in [-0.39, 0.29) is 5.92 Å². The zero-order valence-electron chi connectivity index (χ0n) is 64.6. The number of para-hydroxylation sites is 1. The van der Waals surface area contributed by atoms with Crippen LogP contribution in [0.25, 0.3) is 87.0 Å². The van der Waals surface area contributed by atoms with Crippen LogP contribution in [0.1, 0.15) is 122 Å². The third kappa shape index (κ3) is 13.0. The molecule has 0 bridgehead atoms. The van der Waals surface area contributed by atoms with Crippen molar-refractivity contribution in [1.29, 1.82) is 0 Å². The average Bonchev–Trinajstić information content (AvgIpc) is 1.68. The molecule has 18 rings (SSSR count). The highest BCUT2D eigenvalue weighted by Crippen LogP contribution is 2.47. The van der Waals surface area contributed by atoms with Gasteiger partial charge in [0.25, 0.3) is 0 Å². The van der Waals surface area contributed by atoms with E-state index in [1.54, 1.807) is 0 Å². The third-order valence-corrected chi connectivity index (χ3v) is 22.9. The Morgan fingerprint density at radius 2 is 0.536 bits per heavy atom. The maximum atomic E-state index is 6.90. The molecule has 0 aliphatic rings. The van der Waals surface area contributed by atoms with E-state index in [1.807, 2.05) is 0 Å². The van der Waals surface area contributed by atoms with Gasteiger partial charge in [-0.15, -0.1) is 0 Å². The summed E-state index contributed by atoms with van der Waals surface area (Å²) in [6.45, 7) is 24.6.